The fourth-order valence-corrected chi connectivity index (χ4v) is 5.29. The Morgan fingerprint density at radius 3 is 2.56 bits per heavy atom. The molecule has 8 heteroatoms. The summed E-state index contributed by atoms with van der Waals surface area (Å²) in [5.74, 6) is -0.0360. The van der Waals surface area contributed by atoms with Crippen molar-refractivity contribution in [2.45, 2.75) is 58.0 Å². The van der Waals surface area contributed by atoms with Crippen LogP contribution in [0.2, 0.25) is 0 Å². The van der Waals surface area contributed by atoms with Crippen molar-refractivity contribution in [2.75, 3.05) is 4.90 Å². The Hall–Kier alpha value is -2.19. The number of carbonyl (C=O) groups is 1. The highest BCUT2D eigenvalue weighted by Crippen LogP contribution is 2.34. The summed E-state index contributed by atoms with van der Waals surface area (Å²) in [4.78, 5) is 13.8. The molecule has 1 aliphatic rings. The van der Waals surface area contributed by atoms with E-state index >= 15 is 0 Å². The highest BCUT2D eigenvalue weighted by Gasteiger charge is 2.31. The van der Waals surface area contributed by atoms with Gasteiger partial charge in [-0.3, -0.25) is 9.48 Å². The predicted molar refractivity (Wildman–Crippen MR) is 104 cm³/mol. The number of aryl methyl sites for hydroxylation is 2. The molecule has 1 aliphatic heterocycles. The third-order valence-electron chi connectivity index (χ3n) is 5.25. The molecule has 2 atom stereocenters. The van der Waals surface area contributed by atoms with Gasteiger partial charge in [0.15, 0.2) is 0 Å². The first-order chi connectivity index (χ1) is 12.5. The molecular formula is C19H26N4O3S. The van der Waals surface area contributed by atoms with Crippen molar-refractivity contribution in [1.82, 2.24) is 14.5 Å². The van der Waals surface area contributed by atoms with Gasteiger partial charge < -0.3 is 4.90 Å². The maximum Gasteiger partial charge on any atom is 0.241 e. The van der Waals surface area contributed by atoms with Gasteiger partial charge in [0.05, 0.1) is 10.6 Å². The lowest BCUT2D eigenvalue weighted by molar-refractivity contribution is -0.116. The molecule has 3 rings (SSSR count). The van der Waals surface area contributed by atoms with E-state index in [0.29, 0.717) is 6.42 Å². The zero-order valence-corrected chi connectivity index (χ0v) is 17.4. The molecule has 1 N–H and O–H groups in total. The van der Waals surface area contributed by atoms with E-state index in [1.165, 1.54) is 6.92 Å². The van der Waals surface area contributed by atoms with Crippen LogP contribution in [0.5, 0.6) is 0 Å². The van der Waals surface area contributed by atoms with Gasteiger partial charge >= 0.3 is 0 Å². The monoisotopic (exact) mass is 390 g/mol. The first-order valence-corrected chi connectivity index (χ1v) is 10.5. The predicted octanol–water partition coefficient (Wildman–Crippen LogP) is 2.37. The Morgan fingerprint density at radius 2 is 2.00 bits per heavy atom. The highest BCUT2D eigenvalue weighted by molar-refractivity contribution is 7.89. The molecule has 1 amide bonds. The van der Waals surface area contributed by atoms with Crippen LogP contribution in [0.15, 0.2) is 23.1 Å². The molecule has 0 spiro atoms. The second-order valence-electron chi connectivity index (χ2n) is 7.28. The third kappa shape index (κ3) is 3.39. The van der Waals surface area contributed by atoms with Crippen molar-refractivity contribution in [3.63, 3.8) is 0 Å². The summed E-state index contributed by atoms with van der Waals surface area (Å²) >= 11 is 0. The van der Waals surface area contributed by atoms with Crippen molar-refractivity contribution in [3.8, 4) is 0 Å². The Labute approximate surface area is 160 Å². The number of carbonyl (C=O) groups excluding carboxylic acids is 1. The van der Waals surface area contributed by atoms with Gasteiger partial charge in [-0.05, 0) is 57.9 Å². The molecule has 146 valence electrons. The normalized spacial score (nSPS) is 17.9. The van der Waals surface area contributed by atoms with Gasteiger partial charge in [0.2, 0.25) is 15.9 Å². The van der Waals surface area contributed by atoms with E-state index in [1.54, 1.807) is 27.8 Å². The lowest BCUT2D eigenvalue weighted by Gasteiger charge is -2.20. The number of nitrogens with one attached hydrogen (secondary N) is 1. The number of anilines is 1. The number of benzene rings is 1. The maximum absolute atomic E-state index is 12.9. The fraction of sp³-hybridized carbons (Fsp3) is 0.474. The molecule has 1 aromatic carbocycles. The Morgan fingerprint density at radius 1 is 1.33 bits per heavy atom. The topological polar surface area (TPSA) is 84.3 Å². The molecule has 0 aliphatic carbocycles. The minimum absolute atomic E-state index is 0.0306. The van der Waals surface area contributed by atoms with Gasteiger partial charge in [-0.2, -0.15) is 5.10 Å². The standard InChI is InChI=1S/C19H26N4O3S/c1-11-9-16-10-17(7-8-18(16)23(11)15(5)24)27(25,26)21-13(3)19-12(2)20-22(6)14(19)4/h7-8,10-11,13,21H,9H2,1-6H3/t11-,13-/m1/s1. The Balaban J connectivity index is 1.90. The van der Waals surface area contributed by atoms with Gasteiger partial charge in [0.1, 0.15) is 0 Å². The first kappa shape index (κ1) is 19.6. The average molecular weight is 391 g/mol. The van der Waals surface area contributed by atoms with Crippen LogP contribution in [-0.2, 0) is 28.3 Å². The fourth-order valence-electron chi connectivity index (χ4n) is 4.03. The number of hydrogen-bond acceptors (Lipinski definition) is 4. The van der Waals surface area contributed by atoms with E-state index in [4.69, 9.17) is 0 Å². The van der Waals surface area contributed by atoms with Crippen LogP contribution in [0.4, 0.5) is 5.69 Å². The molecule has 1 aromatic heterocycles. The molecule has 0 saturated heterocycles. The van der Waals surface area contributed by atoms with Gasteiger partial charge in [0, 0.05) is 43.0 Å². The largest absolute Gasteiger partial charge is 0.309 e. The van der Waals surface area contributed by atoms with Crippen molar-refractivity contribution in [3.05, 3.63) is 40.7 Å². The number of sulfonamides is 1. The number of amides is 1. The van der Waals surface area contributed by atoms with E-state index in [-0.39, 0.29) is 16.8 Å². The molecule has 27 heavy (non-hydrogen) atoms. The average Bonchev–Trinajstić information content (AvgIpc) is 3.01. The molecular weight excluding hydrogens is 364 g/mol. The van der Waals surface area contributed by atoms with Crippen LogP contribution in [-0.4, -0.2) is 30.1 Å². The second kappa shape index (κ2) is 6.76. The smallest absolute Gasteiger partial charge is 0.241 e. The summed E-state index contributed by atoms with van der Waals surface area (Å²) in [5, 5.41) is 4.36. The van der Waals surface area contributed by atoms with E-state index in [0.717, 1.165) is 28.2 Å². The minimum atomic E-state index is -3.70. The van der Waals surface area contributed by atoms with Crippen molar-refractivity contribution >= 4 is 21.6 Å². The van der Waals surface area contributed by atoms with Crippen LogP contribution in [0, 0.1) is 13.8 Å². The number of rotatable bonds is 4. The molecule has 0 saturated carbocycles. The zero-order chi connectivity index (χ0) is 20.1. The molecule has 0 bridgehead atoms. The third-order valence-corrected chi connectivity index (χ3v) is 6.78. The van der Waals surface area contributed by atoms with Crippen molar-refractivity contribution < 1.29 is 13.2 Å². The van der Waals surface area contributed by atoms with Gasteiger partial charge in [-0.15, -0.1) is 0 Å². The van der Waals surface area contributed by atoms with E-state index in [1.807, 2.05) is 34.7 Å². The van der Waals surface area contributed by atoms with Crippen LogP contribution in [0.25, 0.3) is 0 Å². The summed E-state index contributed by atoms with van der Waals surface area (Å²) in [6.07, 6.45) is 0.647. The Kier molecular flexibility index (Phi) is 4.90. The quantitative estimate of drug-likeness (QED) is 0.869. The minimum Gasteiger partial charge on any atom is -0.309 e. The number of fused-ring (bicyclic) bond motifs is 1. The molecule has 2 aromatic rings. The van der Waals surface area contributed by atoms with Gasteiger partial charge in [-0.1, -0.05) is 0 Å². The molecule has 2 heterocycles. The number of hydrogen-bond donors (Lipinski definition) is 1. The molecule has 0 radical (unpaired) electrons. The lowest BCUT2D eigenvalue weighted by Crippen LogP contribution is -2.33. The van der Waals surface area contributed by atoms with Crippen molar-refractivity contribution in [1.29, 1.82) is 0 Å². The molecule has 0 fully saturated rings. The van der Waals surface area contributed by atoms with Crippen LogP contribution in [0.1, 0.15) is 49.3 Å². The van der Waals surface area contributed by atoms with E-state index in [9.17, 15) is 13.2 Å². The highest BCUT2D eigenvalue weighted by atomic mass is 32.2. The lowest BCUT2D eigenvalue weighted by atomic mass is 10.1. The molecule has 7 nitrogen and oxygen atoms in total. The van der Waals surface area contributed by atoms with E-state index < -0.39 is 16.1 Å². The number of aromatic nitrogens is 2. The van der Waals surface area contributed by atoms with E-state index in [2.05, 4.69) is 9.82 Å². The van der Waals surface area contributed by atoms with Crippen LogP contribution in [0.3, 0.4) is 0 Å². The summed E-state index contributed by atoms with van der Waals surface area (Å²) in [6, 6.07) is 4.59. The SMILES string of the molecule is CC(=O)N1c2ccc(S(=O)(=O)N[C@H](C)c3c(C)nn(C)c3C)cc2C[C@H]1C. The first-order valence-electron chi connectivity index (χ1n) is 8.98. The summed E-state index contributed by atoms with van der Waals surface area (Å²) < 4.78 is 30.4. The van der Waals surface area contributed by atoms with Crippen LogP contribution < -0.4 is 9.62 Å². The number of nitrogens with zero attached hydrogens (tertiary/aromatic N) is 3. The van der Waals surface area contributed by atoms with Crippen LogP contribution >= 0.6 is 0 Å². The zero-order valence-electron chi connectivity index (χ0n) is 16.6. The second-order valence-corrected chi connectivity index (χ2v) is 9.00. The van der Waals surface area contributed by atoms with Gasteiger partial charge in [0.25, 0.3) is 0 Å². The van der Waals surface area contributed by atoms with Crippen molar-refractivity contribution in [2.24, 2.45) is 7.05 Å². The summed E-state index contributed by atoms with van der Waals surface area (Å²) in [7, 11) is -1.86. The summed E-state index contributed by atoms with van der Waals surface area (Å²) in [5.41, 5.74) is 4.30. The van der Waals surface area contributed by atoms with Gasteiger partial charge in [-0.25, -0.2) is 13.1 Å². The Bertz CT molecular complexity index is 1010. The molecule has 0 unspecified atom stereocenters. The summed E-state index contributed by atoms with van der Waals surface area (Å²) in [6.45, 7) is 9.11. The maximum atomic E-state index is 12.9.